The van der Waals surface area contributed by atoms with Crippen molar-refractivity contribution in [2.45, 2.75) is 27.7 Å². The Kier molecular flexibility index (Phi) is 7.23. The summed E-state index contributed by atoms with van der Waals surface area (Å²) in [5.74, 6) is -0.304. The number of hydrogen-bond acceptors (Lipinski definition) is 4. The molecule has 0 spiro atoms. The average molecular weight is 247 g/mol. The van der Waals surface area contributed by atoms with E-state index in [1.54, 1.807) is 6.92 Å². The number of nitrogens with one attached hydrogen (secondary N) is 1. The first-order valence-corrected chi connectivity index (χ1v) is 7.13. The van der Waals surface area contributed by atoms with Gasteiger partial charge in [0.1, 0.15) is 0 Å². The van der Waals surface area contributed by atoms with Gasteiger partial charge in [0.15, 0.2) is 0 Å². The van der Waals surface area contributed by atoms with Crippen LogP contribution in [-0.2, 0) is 18.1 Å². The highest BCUT2D eigenvalue weighted by molar-refractivity contribution is 6.61. The molecule has 5 nitrogen and oxygen atoms in total. The van der Waals surface area contributed by atoms with Crippen molar-refractivity contribution in [1.82, 2.24) is 4.98 Å². The SMILES string of the molecule is C=C(C)C(=O)N[Si](OCC)(OCC)OCC. The fourth-order valence-electron chi connectivity index (χ4n) is 1.05. The maximum absolute atomic E-state index is 11.6. The molecule has 94 valence electrons. The second-order valence-electron chi connectivity index (χ2n) is 3.09. The molecule has 0 aromatic rings. The van der Waals surface area contributed by atoms with Crippen LogP contribution in [0.25, 0.3) is 0 Å². The third kappa shape index (κ3) is 4.89. The van der Waals surface area contributed by atoms with E-state index >= 15 is 0 Å². The Hall–Kier alpha value is -0.693. The molecule has 0 bridgehead atoms. The maximum Gasteiger partial charge on any atom is 0.633 e. The van der Waals surface area contributed by atoms with Gasteiger partial charge in [0.25, 0.3) is 0 Å². The number of amides is 1. The van der Waals surface area contributed by atoms with Crippen molar-refractivity contribution in [3.8, 4) is 0 Å². The second-order valence-corrected chi connectivity index (χ2v) is 5.32. The van der Waals surface area contributed by atoms with Gasteiger partial charge in [-0.2, -0.15) is 0 Å². The molecule has 0 aromatic carbocycles. The Morgan fingerprint density at radius 1 is 1.12 bits per heavy atom. The lowest BCUT2D eigenvalue weighted by Crippen LogP contribution is -2.61. The van der Waals surface area contributed by atoms with Gasteiger partial charge < -0.3 is 18.3 Å². The summed E-state index contributed by atoms with van der Waals surface area (Å²) in [5, 5.41) is 0. The zero-order chi connectivity index (χ0) is 12.6. The minimum absolute atomic E-state index is 0.304. The standard InChI is InChI=1S/C10H21NO4Si/c1-6-13-16(14-7-2,15-8-3)11-10(12)9(4)5/h4,6-8H2,1-3,5H3,(H,11,12). The van der Waals surface area contributed by atoms with Crippen molar-refractivity contribution in [1.29, 1.82) is 0 Å². The smallest absolute Gasteiger partial charge is 0.357 e. The van der Waals surface area contributed by atoms with Crippen LogP contribution < -0.4 is 4.98 Å². The van der Waals surface area contributed by atoms with E-state index in [4.69, 9.17) is 13.3 Å². The zero-order valence-corrected chi connectivity index (χ0v) is 11.5. The van der Waals surface area contributed by atoms with Gasteiger partial charge in [0.2, 0.25) is 5.91 Å². The number of rotatable bonds is 8. The van der Waals surface area contributed by atoms with Crippen LogP contribution in [0.5, 0.6) is 0 Å². The fraction of sp³-hybridized carbons (Fsp3) is 0.700. The van der Waals surface area contributed by atoms with Gasteiger partial charge in [0, 0.05) is 25.4 Å². The Morgan fingerprint density at radius 2 is 1.50 bits per heavy atom. The molecule has 16 heavy (non-hydrogen) atoms. The van der Waals surface area contributed by atoms with Gasteiger partial charge in [-0.15, -0.1) is 0 Å². The highest BCUT2D eigenvalue weighted by Crippen LogP contribution is 2.07. The summed E-state index contributed by atoms with van der Waals surface area (Å²) < 4.78 is 16.4. The molecular weight excluding hydrogens is 226 g/mol. The summed E-state index contributed by atoms with van der Waals surface area (Å²) >= 11 is 0. The normalized spacial score (nSPS) is 11.2. The van der Waals surface area contributed by atoms with Crippen LogP contribution in [0.2, 0.25) is 0 Å². The van der Waals surface area contributed by atoms with Gasteiger partial charge in [-0.05, 0) is 27.7 Å². The summed E-state index contributed by atoms with van der Waals surface area (Å²) in [7, 11) is -3.08. The molecule has 0 rings (SSSR count). The molecule has 0 radical (unpaired) electrons. The van der Waals surface area contributed by atoms with Gasteiger partial charge in [0.05, 0.1) is 0 Å². The molecule has 6 heteroatoms. The topological polar surface area (TPSA) is 56.8 Å². The fourth-order valence-corrected chi connectivity index (χ4v) is 3.15. The van der Waals surface area contributed by atoms with Crippen molar-refractivity contribution in [2.75, 3.05) is 19.8 Å². The Labute approximate surface area is 98.2 Å². The molecule has 0 unspecified atom stereocenters. The largest absolute Gasteiger partial charge is 0.633 e. The number of hydrogen-bond donors (Lipinski definition) is 1. The highest BCUT2D eigenvalue weighted by atomic mass is 28.4. The first-order chi connectivity index (χ1) is 7.51. The summed E-state index contributed by atoms with van der Waals surface area (Å²) in [6.45, 7) is 11.9. The quantitative estimate of drug-likeness (QED) is 0.517. The zero-order valence-electron chi connectivity index (χ0n) is 10.5. The third-order valence-corrected chi connectivity index (χ3v) is 4.20. The van der Waals surface area contributed by atoms with E-state index in [1.807, 2.05) is 20.8 Å². The third-order valence-electron chi connectivity index (χ3n) is 1.66. The van der Waals surface area contributed by atoms with Crippen LogP contribution in [0.4, 0.5) is 0 Å². The first-order valence-electron chi connectivity index (χ1n) is 5.41. The van der Waals surface area contributed by atoms with Crippen molar-refractivity contribution in [3.63, 3.8) is 0 Å². The van der Waals surface area contributed by atoms with Crippen LogP contribution in [0, 0.1) is 0 Å². The lowest BCUT2D eigenvalue weighted by Gasteiger charge is -2.27. The van der Waals surface area contributed by atoms with E-state index in [9.17, 15) is 4.79 Å². The number of carbonyl (C=O) groups excluding carboxylic acids is 1. The molecular formula is C10H21NO4Si. The molecule has 0 saturated heterocycles. The summed E-state index contributed by atoms with van der Waals surface area (Å²) in [6.07, 6.45) is 0. The molecule has 0 aromatic heterocycles. The van der Waals surface area contributed by atoms with Crippen LogP contribution in [0.15, 0.2) is 12.2 Å². The Bertz CT molecular complexity index is 228. The molecule has 0 fully saturated rings. The van der Waals surface area contributed by atoms with Gasteiger partial charge in [-0.3, -0.25) is 4.79 Å². The summed E-state index contributed by atoms with van der Waals surface area (Å²) in [4.78, 5) is 14.2. The molecule has 0 aliphatic rings. The van der Waals surface area contributed by atoms with E-state index < -0.39 is 8.97 Å². The average Bonchev–Trinajstić information content (AvgIpc) is 2.18. The van der Waals surface area contributed by atoms with Crippen LogP contribution in [0.3, 0.4) is 0 Å². The van der Waals surface area contributed by atoms with Gasteiger partial charge >= 0.3 is 8.97 Å². The molecule has 0 heterocycles. The van der Waals surface area contributed by atoms with Crippen molar-refractivity contribution in [2.24, 2.45) is 0 Å². The van der Waals surface area contributed by atoms with Crippen molar-refractivity contribution in [3.05, 3.63) is 12.2 Å². The highest BCUT2D eigenvalue weighted by Gasteiger charge is 2.44. The molecule has 0 aliphatic heterocycles. The van der Waals surface area contributed by atoms with E-state index in [1.165, 1.54) is 0 Å². The molecule has 1 N–H and O–H groups in total. The minimum Gasteiger partial charge on any atom is -0.357 e. The molecule has 1 amide bonds. The maximum atomic E-state index is 11.6. The minimum atomic E-state index is -3.08. The van der Waals surface area contributed by atoms with Crippen molar-refractivity contribution >= 4 is 14.9 Å². The Balaban J connectivity index is 4.71. The predicted octanol–water partition coefficient (Wildman–Crippen LogP) is 1.22. The lowest BCUT2D eigenvalue weighted by atomic mass is 10.3. The van der Waals surface area contributed by atoms with Crippen LogP contribution >= 0.6 is 0 Å². The van der Waals surface area contributed by atoms with E-state index in [2.05, 4.69) is 11.6 Å². The molecule has 0 saturated carbocycles. The molecule has 0 atom stereocenters. The van der Waals surface area contributed by atoms with Gasteiger partial charge in [-0.25, -0.2) is 0 Å². The summed E-state index contributed by atoms with van der Waals surface area (Å²) in [5.41, 5.74) is 0.399. The second kappa shape index (κ2) is 7.56. The van der Waals surface area contributed by atoms with E-state index in [0.29, 0.717) is 25.4 Å². The van der Waals surface area contributed by atoms with E-state index in [0.717, 1.165) is 0 Å². The first kappa shape index (κ1) is 15.3. The number of carbonyl (C=O) groups is 1. The van der Waals surface area contributed by atoms with Crippen molar-refractivity contribution < 1.29 is 18.1 Å². The monoisotopic (exact) mass is 247 g/mol. The summed E-state index contributed by atoms with van der Waals surface area (Å²) in [6, 6.07) is 0. The van der Waals surface area contributed by atoms with Crippen LogP contribution in [0.1, 0.15) is 27.7 Å². The predicted molar refractivity (Wildman–Crippen MR) is 63.6 cm³/mol. The van der Waals surface area contributed by atoms with Crippen LogP contribution in [-0.4, -0.2) is 34.7 Å². The molecule has 0 aliphatic carbocycles. The van der Waals surface area contributed by atoms with Gasteiger partial charge in [-0.1, -0.05) is 6.58 Å². The lowest BCUT2D eigenvalue weighted by molar-refractivity contribution is -0.117. The van der Waals surface area contributed by atoms with E-state index in [-0.39, 0.29) is 5.91 Å². The Morgan fingerprint density at radius 3 is 1.75 bits per heavy atom.